The van der Waals surface area contributed by atoms with E-state index >= 15 is 0 Å². The Labute approximate surface area is 179 Å². The smallest absolute Gasteiger partial charge is 0.343 e. The Morgan fingerprint density at radius 3 is 2.03 bits per heavy atom. The standard InChI is InChI=1S/C17H12O5S.C5H5N.2H2O/c18-17(14-6-3-7-16(11-14)23(19,20)21)22-15-9-8-12-4-1-2-5-13(12)10-15;1-2-4-6-5-3-1;;/h1-11H,(H,19,20,21);1-5H;2*1H2. The van der Waals surface area contributed by atoms with Crippen molar-refractivity contribution in [3.63, 3.8) is 0 Å². The fourth-order valence-electron chi connectivity index (χ4n) is 2.49. The first-order chi connectivity index (χ1) is 13.9. The molecule has 0 aliphatic carbocycles. The van der Waals surface area contributed by atoms with Gasteiger partial charge in [0.15, 0.2) is 0 Å². The van der Waals surface area contributed by atoms with Crippen molar-refractivity contribution in [1.29, 1.82) is 0 Å². The minimum atomic E-state index is -4.37. The molecule has 4 rings (SSSR count). The number of hydrogen-bond acceptors (Lipinski definition) is 5. The molecule has 0 aliphatic rings. The van der Waals surface area contributed by atoms with Crippen LogP contribution in [0.15, 0.2) is 102 Å². The molecule has 31 heavy (non-hydrogen) atoms. The SMILES string of the molecule is O.O.O=C(Oc1ccc2ccccc2c1)c1cccc(S(=O)(=O)O)c1.c1ccncc1. The fourth-order valence-corrected chi connectivity index (χ4v) is 3.02. The first kappa shape index (κ1) is 25.4. The van der Waals surface area contributed by atoms with Crippen LogP contribution in [0.1, 0.15) is 10.4 Å². The van der Waals surface area contributed by atoms with E-state index in [4.69, 9.17) is 9.29 Å². The lowest BCUT2D eigenvalue weighted by Crippen LogP contribution is -2.09. The van der Waals surface area contributed by atoms with E-state index in [1.807, 2.05) is 48.5 Å². The van der Waals surface area contributed by atoms with Crippen molar-refractivity contribution >= 4 is 26.9 Å². The van der Waals surface area contributed by atoms with Gasteiger partial charge in [0.05, 0.1) is 10.5 Å². The second kappa shape index (κ2) is 11.5. The summed E-state index contributed by atoms with van der Waals surface area (Å²) in [5, 5.41) is 1.94. The summed E-state index contributed by atoms with van der Waals surface area (Å²) in [6.45, 7) is 0. The second-order valence-electron chi connectivity index (χ2n) is 5.93. The maximum atomic E-state index is 12.1. The Bertz CT molecular complexity index is 1200. The zero-order chi connectivity index (χ0) is 20.7. The molecule has 0 radical (unpaired) electrons. The van der Waals surface area contributed by atoms with Gasteiger partial charge in [0.25, 0.3) is 10.1 Å². The summed E-state index contributed by atoms with van der Waals surface area (Å²) in [4.78, 5) is 15.6. The number of aromatic nitrogens is 1. The van der Waals surface area contributed by atoms with Crippen molar-refractivity contribution in [2.24, 2.45) is 0 Å². The van der Waals surface area contributed by atoms with Crippen molar-refractivity contribution in [2.45, 2.75) is 4.90 Å². The molecule has 0 saturated heterocycles. The molecule has 3 aromatic carbocycles. The predicted molar refractivity (Wildman–Crippen MR) is 117 cm³/mol. The number of rotatable bonds is 3. The Morgan fingerprint density at radius 2 is 1.45 bits per heavy atom. The van der Waals surface area contributed by atoms with Crippen molar-refractivity contribution in [2.75, 3.05) is 0 Å². The van der Waals surface area contributed by atoms with Gasteiger partial charge >= 0.3 is 5.97 Å². The van der Waals surface area contributed by atoms with Gasteiger partial charge in [-0.05, 0) is 53.2 Å². The number of hydrogen-bond donors (Lipinski definition) is 1. The average molecular weight is 443 g/mol. The molecule has 0 saturated carbocycles. The van der Waals surface area contributed by atoms with Gasteiger partial charge in [-0.3, -0.25) is 9.54 Å². The average Bonchev–Trinajstić information content (AvgIpc) is 2.75. The molecule has 0 aliphatic heterocycles. The number of carbonyl (C=O) groups excluding carboxylic acids is 1. The first-order valence-electron chi connectivity index (χ1n) is 8.57. The summed E-state index contributed by atoms with van der Waals surface area (Å²) < 4.78 is 36.5. The van der Waals surface area contributed by atoms with E-state index in [2.05, 4.69) is 4.98 Å². The Balaban J connectivity index is 0.000000522. The third kappa shape index (κ3) is 7.28. The van der Waals surface area contributed by atoms with Crippen LogP contribution in [0, 0.1) is 0 Å². The van der Waals surface area contributed by atoms with Gasteiger partial charge in [-0.2, -0.15) is 8.42 Å². The van der Waals surface area contributed by atoms with Crippen LogP contribution in [0.2, 0.25) is 0 Å². The number of esters is 1. The maximum absolute atomic E-state index is 12.1. The van der Waals surface area contributed by atoms with E-state index < -0.39 is 16.1 Å². The number of benzene rings is 3. The van der Waals surface area contributed by atoms with E-state index in [1.165, 1.54) is 18.2 Å². The minimum Gasteiger partial charge on any atom is -0.423 e. The number of pyridine rings is 1. The summed E-state index contributed by atoms with van der Waals surface area (Å²) >= 11 is 0. The molecule has 0 amide bonds. The molecule has 9 heteroatoms. The largest absolute Gasteiger partial charge is 0.423 e. The van der Waals surface area contributed by atoms with Gasteiger partial charge in [-0.1, -0.05) is 42.5 Å². The van der Waals surface area contributed by atoms with Crippen molar-refractivity contribution in [1.82, 2.24) is 4.98 Å². The van der Waals surface area contributed by atoms with Gasteiger partial charge in [-0.15, -0.1) is 0 Å². The molecule has 162 valence electrons. The van der Waals surface area contributed by atoms with Crippen LogP contribution >= 0.6 is 0 Å². The molecule has 0 atom stereocenters. The topological polar surface area (TPSA) is 157 Å². The monoisotopic (exact) mass is 443 g/mol. The second-order valence-corrected chi connectivity index (χ2v) is 7.35. The zero-order valence-corrected chi connectivity index (χ0v) is 17.0. The molecule has 0 fully saturated rings. The predicted octanol–water partition coefficient (Wildman–Crippen LogP) is 2.74. The maximum Gasteiger partial charge on any atom is 0.343 e. The van der Waals surface area contributed by atoms with Crippen molar-refractivity contribution in [3.05, 3.63) is 103 Å². The number of nitrogens with zero attached hydrogens (tertiary/aromatic N) is 1. The van der Waals surface area contributed by atoms with E-state index in [0.717, 1.165) is 16.8 Å². The summed E-state index contributed by atoms with van der Waals surface area (Å²) in [7, 11) is -4.37. The highest BCUT2D eigenvalue weighted by Gasteiger charge is 2.14. The van der Waals surface area contributed by atoms with Gasteiger partial charge in [-0.25, -0.2) is 4.79 Å². The Morgan fingerprint density at radius 1 is 0.774 bits per heavy atom. The van der Waals surface area contributed by atoms with Crippen LogP contribution in [0.4, 0.5) is 0 Å². The lowest BCUT2D eigenvalue weighted by molar-refractivity contribution is 0.0734. The number of fused-ring (bicyclic) bond motifs is 1. The third-order valence-electron chi connectivity index (χ3n) is 3.87. The zero-order valence-electron chi connectivity index (χ0n) is 16.2. The quantitative estimate of drug-likeness (QED) is 0.291. The van der Waals surface area contributed by atoms with Gasteiger partial charge < -0.3 is 15.7 Å². The molecule has 8 nitrogen and oxygen atoms in total. The van der Waals surface area contributed by atoms with Crippen LogP contribution in [0.3, 0.4) is 0 Å². The Hall–Kier alpha value is -3.63. The minimum absolute atomic E-state index is 0. The molecule has 1 heterocycles. The molecule has 0 unspecified atom stereocenters. The lowest BCUT2D eigenvalue weighted by Gasteiger charge is -2.06. The lowest BCUT2D eigenvalue weighted by atomic mass is 10.1. The summed E-state index contributed by atoms with van der Waals surface area (Å²) in [6, 6.07) is 23.6. The molecule has 1 aromatic heterocycles. The highest BCUT2D eigenvalue weighted by atomic mass is 32.2. The summed E-state index contributed by atoms with van der Waals surface area (Å²) in [5.41, 5.74) is 0.0354. The van der Waals surface area contributed by atoms with E-state index in [1.54, 1.807) is 24.5 Å². The van der Waals surface area contributed by atoms with Crippen LogP contribution in [-0.2, 0) is 10.1 Å². The van der Waals surface area contributed by atoms with Gasteiger partial charge in [0, 0.05) is 12.4 Å². The summed E-state index contributed by atoms with van der Waals surface area (Å²) in [5.74, 6) is -0.350. The first-order valence-corrected chi connectivity index (χ1v) is 10.0. The van der Waals surface area contributed by atoms with Crippen LogP contribution in [0.25, 0.3) is 10.8 Å². The molecule has 0 bridgehead atoms. The normalized spacial score (nSPS) is 9.97. The van der Waals surface area contributed by atoms with E-state index in [9.17, 15) is 13.2 Å². The van der Waals surface area contributed by atoms with Crippen LogP contribution in [-0.4, -0.2) is 34.9 Å². The number of carbonyl (C=O) groups is 1. The van der Waals surface area contributed by atoms with E-state index in [0.29, 0.717) is 5.75 Å². The van der Waals surface area contributed by atoms with Crippen LogP contribution < -0.4 is 4.74 Å². The molecule has 0 spiro atoms. The Kier molecular flexibility index (Phi) is 9.45. The molecular formula is C22H21NO7S. The van der Waals surface area contributed by atoms with E-state index in [-0.39, 0.29) is 21.4 Å². The van der Waals surface area contributed by atoms with Crippen molar-refractivity contribution in [3.8, 4) is 5.75 Å². The molecule has 4 aromatic rings. The van der Waals surface area contributed by atoms with Gasteiger partial charge in [0.1, 0.15) is 5.75 Å². The van der Waals surface area contributed by atoms with Crippen LogP contribution in [0.5, 0.6) is 5.75 Å². The molecule has 5 N–H and O–H groups in total. The highest BCUT2D eigenvalue weighted by molar-refractivity contribution is 7.85. The van der Waals surface area contributed by atoms with Crippen molar-refractivity contribution < 1.29 is 33.5 Å². The fraction of sp³-hybridized carbons (Fsp3) is 0. The molecular weight excluding hydrogens is 422 g/mol. The third-order valence-corrected chi connectivity index (χ3v) is 4.72. The summed E-state index contributed by atoms with van der Waals surface area (Å²) in [6.07, 6.45) is 3.50. The number of ether oxygens (including phenoxy) is 1. The highest BCUT2D eigenvalue weighted by Crippen LogP contribution is 2.22. The van der Waals surface area contributed by atoms with Gasteiger partial charge in [0.2, 0.25) is 0 Å².